The smallest absolute Gasteiger partial charge is 0.223 e. The molecule has 0 unspecified atom stereocenters. The molecule has 3 aromatic rings. The standard InChI is InChI=1S/C19H18ClN5O2/c1-5-6-12-8-25(9-13-11(3)16(27-4)10(2)7-22-13)18-14(15(12)26)17(20)23-19(21)24-18/h1,7-8H,6,9H2,2-4H3,(H2,21,23,24). The number of nitrogens with zero attached hydrogens (tertiary/aromatic N) is 4. The molecule has 0 radical (unpaired) electrons. The van der Waals surface area contributed by atoms with Crippen molar-refractivity contribution in [2.75, 3.05) is 12.8 Å². The number of aryl methyl sites for hydroxylation is 1. The maximum Gasteiger partial charge on any atom is 0.223 e. The Balaban J connectivity index is 2.27. The average molecular weight is 384 g/mol. The fourth-order valence-corrected chi connectivity index (χ4v) is 3.31. The van der Waals surface area contributed by atoms with Gasteiger partial charge in [0.1, 0.15) is 16.3 Å². The van der Waals surface area contributed by atoms with Gasteiger partial charge in [-0.05, 0) is 13.8 Å². The molecule has 8 heteroatoms. The largest absolute Gasteiger partial charge is 0.496 e. The minimum absolute atomic E-state index is 0.00119. The van der Waals surface area contributed by atoms with E-state index in [1.807, 2.05) is 13.8 Å². The van der Waals surface area contributed by atoms with Crippen molar-refractivity contribution >= 4 is 28.6 Å². The number of hydrogen-bond acceptors (Lipinski definition) is 6. The van der Waals surface area contributed by atoms with Crippen molar-refractivity contribution in [3.05, 3.63) is 50.2 Å². The first-order valence-corrected chi connectivity index (χ1v) is 8.52. The van der Waals surface area contributed by atoms with E-state index in [1.54, 1.807) is 24.1 Å². The summed E-state index contributed by atoms with van der Waals surface area (Å²) >= 11 is 6.18. The highest BCUT2D eigenvalue weighted by Gasteiger charge is 2.17. The van der Waals surface area contributed by atoms with Gasteiger partial charge < -0.3 is 15.0 Å². The van der Waals surface area contributed by atoms with E-state index in [4.69, 9.17) is 28.5 Å². The molecule has 0 bridgehead atoms. The van der Waals surface area contributed by atoms with Gasteiger partial charge in [-0.2, -0.15) is 4.98 Å². The highest BCUT2D eigenvalue weighted by Crippen LogP contribution is 2.26. The monoisotopic (exact) mass is 383 g/mol. The van der Waals surface area contributed by atoms with Crippen LogP contribution in [0.2, 0.25) is 5.15 Å². The van der Waals surface area contributed by atoms with Crippen LogP contribution in [0.1, 0.15) is 22.4 Å². The lowest BCUT2D eigenvalue weighted by atomic mass is 10.1. The molecule has 3 rings (SSSR count). The maximum absolute atomic E-state index is 12.7. The highest BCUT2D eigenvalue weighted by molar-refractivity contribution is 6.34. The van der Waals surface area contributed by atoms with Crippen molar-refractivity contribution in [1.29, 1.82) is 0 Å². The Bertz CT molecular complexity index is 1150. The maximum atomic E-state index is 12.7. The summed E-state index contributed by atoms with van der Waals surface area (Å²) in [6.07, 6.45) is 8.98. The van der Waals surface area contributed by atoms with Gasteiger partial charge in [0.25, 0.3) is 0 Å². The topological polar surface area (TPSA) is 95.9 Å². The third kappa shape index (κ3) is 3.32. The Morgan fingerprint density at radius 3 is 2.78 bits per heavy atom. The Hall–Kier alpha value is -3.11. The summed E-state index contributed by atoms with van der Waals surface area (Å²) in [5, 5.41) is 0.191. The number of methoxy groups -OCH3 is 1. The molecule has 0 aromatic carbocycles. The van der Waals surface area contributed by atoms with Gasteiger partial charge in [0.2, 0.25) is 5.95 Å². The lowest BCUT2D eigenvalue weighted by Crippen LogP contribution is -2.18. The zero-order chi connectivity index (χ0) is 19.7. The number of terminal acetylenes is 1. The number of nitrogen functional groups attached to an aromatic ring is 1. The Morgan fingerprint density at radius 2 is 2.11 bits per heavy atom. The molecule has 0 aliphatic carbocycles. The second-order valence-corrected chi connectivity index (χ2v) is 6.47. The van der Waals surface area contributed by atoms with Gasteiger partial charge in [-0.15, -0.1) is 12.3 Å². The molecular weight excluding hydrogens is 366 g/mol. The third-order valence-electron chi connectivity index (χ3n) is 4.33. The van der Waals surface area contributed by atoms with Crippen molar-refractivity contribution in [2.45, 2.75) is 26.8 Å². The first kappa shape index (κ1) is 18.7. The van der Waals surface area contributed by atoms with E-state index in [9.17, 15) is 4.79 Å². The zero-order valence-corrected chi connectivity index (χ0v) is 16.0. The molecule has 138 valence electrons. The minimum atomic E-state index is -0.296. The average Bonchev–Trinajstić information content (AvgIpc) is 2.61. The molecule has 3 aromatic heterocycles. The third-order valence-corrected chi connectivity index (χ3v) is 4.60. The zero-order valence-electron chi connectivity index (χ0n) is 15.2. The lowest BCUT2D eigenvalue weighted by molar-refractivity contribution is 0.406. The predicted molar refractivity (Wildman–Crippen MR) is 105 cm³/mol. The van der Waals surface area contributed by atoms with Crippen LogP contribution in [0.3, 0.4) is 0 Å². The van der Waals surface area contributed by atoms with Crippen molar-refractivity contribution in [1.82, 2.24) is 19.5 Å². The highest BCUT2D eigenvalue weighted by atomic mass is 35.5. The summed E-state index contributed by atoms with van der Waals surface area (Å²) in [6.45, 7) is 4.19. The summed E-state index contributed by atoms with van der Waals surface area (Å²) in [6, 6.07) is 0. The van der Waals surface area contributed by atoms with Crippen molar-refractivity contribution in [3.8, 4) is 18.1 Å². The summed E-state index contributed by atoms with van der Waals surface area (Å²) in [5.74, 6) is 3.24. The van der Waals surface area contributed by atoms with E-state index >= 15 is 0 Å². The number of pyridine rings is 2. The van der Waals surface area contributed by atoms with E-state index in [-0.39, 0.29) is 28.3 Å². The lowest BCUT2D eigenvalue weighted by Gasteiger charge is -2.16. The molecule has 0 atom stereocenters. The molecule has 0 saturated heterocycles. The molecule has 0 aliphatic rings. The van der Waals surface area contributed by atoms with E-state index in [2.05, 4.69) is 20.9 Å². The number of ether oxygens (including phenoxy) is 1. The van der Waals surface area contributed by atoms with Crippen molar-refractivity contribution < 1.29 is 4.74 Å². The Kier molecular flexibility index (Phi) is 5.02. The van der Waals surface area contributed by atoms with Gasteiger partial charge in [-0.1, -0.05) is 11.6 Å². The van der Waals surface area contributed by atoms with E-state index < -0.39 is 0 Å². The van der Waals surface area contributed by atoms with Crippen LogP contribution in [0.5, 0.6) is 5.75 Å². The molecule has 0 spiro atoms. The quantitative estimate of drug-likeness (QED) is 0.548. The van der Waals surface area contributed by atoms with Gasteiger partial charge in [0, 0.05) is 35.5 Å². The summed E-state index contributed by atoms with van der Waals surface area (Å²) in [4.78, 5) is 25.3. The number of nitrogens with two attached hydrogens (primary N) is 1. The molecule has 0 aliphatic heterocycles. The van der Waals surface area contributed by atoms with E-state index in [1.165, 1.54) is 0 Å². The van der Waals surface area contributed by atoms with Crippen LogP contribution < -0.4 is 15.9 Å². The van der Waals surface area contributed by atoms with Crippen LogP contribution in [0, 0.1) is 26.2 Å². The second kappa shape index (κ2) is 7.25. The molecule has 0 saturated carbocycles. The Labute approximate surface area is 161 Å². The molecule has 0 amide bonds. The number of hydrogen-bond donors (Lipinski definition) is 1. The van der Waals surface area contributed by atoms with Gasteiger partial charge in [0.05, 0.1) is 19.3 Å². The number of aromatic nitrogens is 4. The Morgan fingerprint density at radius 1 is 1.37 bits per heavy atom. The predicted octanol–water partition coefficient (Wildman–Crippen LogP) is 2.27. The summed E-state index contributed by atoms with van der Waals surface area (Å²) in [7, 11) is 1.62. The number of anilines is 1. The second-order valence-electron chi connectivity index (χ2n) is 6.11. The molecule has 7 nitrogen and oxygen atoms in total. The van der Waals surface area contributed by atoms with Crippen LogP contribution in [-0.4, -0.2) is 26.6 Å². The molecule has 0 fully saturated rings. The fourth-order valence-electron chi connectivity index (χ4n) is 3.06. The number of fused-ring (bicyclic) bond motifs is 1. The molecule has 2 N–H and O–H groups in total. The van der Waals surface area contributed by atoms with Crippen LogP contribution >= 0.6 is 11.6 Å². The SMILES string of the molecule is C#CCc1cn(Cc2ncc(C)c(OC)c2C)c2nc(N)nc(Cl)c2c1=O. The molecular formula is C19H18ClN5O2. The van der Waals surface area contributed by atoms with Crippen LogP contribution in [0.4, 0.5) is 5.95 Å². The summed E-state index contributed by atoms with van der Waals surface area (Å²) < 4.78 is 7.23. The van der Waals surface area contributed by atoms with Gasteiger partial charge in [-0.3, -0.25) is 9.78 Å². The van der Waals surface area contributed by atoms with Crippen molar-refractivity contribution in [3.63, 3.8) is 0 Å². The van der Waals surface area contributed by atoms with Gasteiger partial charge in [-0.25, -0.2) is 4.98 Å². The first-order chi connectivity index (χ1) is 12.9. The normalized spacial score (nSPS) is 10.8. The van der Waals surface area contributed by atoms with E-state index in [0.29, 0.717) is 17.8 Å². The molecule has 3 heterocycles. The number of halogens is 1. The van der Waals surface area contributed by atoms with Crippen LogP contribution in [0.25, 0.3) is 11.0 Å². The fraction of sp³-hybridized carbons (Fsp3) is 0.263. The van der Waals surface area contributed by atoms with Crippen LogP contribution in [-0.2, 0) is 13.0 Å². The van der Waals surface area contributed by atoms with Crippen LogP contribution in [0.15, 0.2) is 17.2 Å². The van der Waals surface area contributed by atoms with E-state index in [0.717, 1.165) is 22.6 Å². The van der Waals surface area contributed by atoms with Crippen molar-refractivity contribution in [2.24, 2.45) is 0 Å². The summed E-state index contributed by atoms with van der Waals surface area (Å²) in [5.41, 5.74) is 8.80. The van der Waals surface area contributed by atoms with Gasteiger partial charge in [0.15, 0.2) is 11.1 Å². The minimum Gasteiger partial charge on any atom is -0.496 e. The first-order valence-electron chi connectivity index (χ1n) is 8.15. The number of rotatable bonds is 4. The van der Waals surface area contributed by atoms with Gasteiger partial charge >= 0.3 is 0 Å². The molecule has 27 heavy (non-hydrogen) atoms.